The summed E-state index contributed by atoms with van der Waals surface area (Å²) < 4.78 is 0. The topological polar surface area (TPSA) is 49.9 Å². The molecule has 0 bridgehead atoms. The van der Waals surface area contributed by atoms with Gasteiger partial charge in [-0.15, -0.1) is 0 Å². The highest BCUT2D eigenvalue weighted by atomic mass is 14.6. The fourth-order valence-corrected chi connectivity index (χ4v) is 2.27. The smallest absolute Gasteiger partial charge is 0.158 e. The second-order valence-corrected chi connectivity index (χ2v) is 6.03. The zero-order valence-corrected chi connectivity index (χ0v) is 10.6. The van der Waals surface area contributed by atoms with E-state index in [0.29, 0.717) is 0 Å². The largest absolute Gasteiger partial charge is 0.335 e. The Morgan fingerprint density at radius 3 is 2.07 bits per heavy atom. The van der Waals surface area contributed by atoms with Crippen molar-refractivity contribution in [3.05, 3.63) is 0 Å². The van der Waals surface area contributed by atoms with Gasteiger partial charge in [-0.2, -0.15) is 0 Å². The SMILES string of the molecule is BC(=N)C(C)(C)CC(C)(C)CC(B)N. The molecule has 0 aromatic carbocycles. The first-order chi connectivity index (χ1) is 6.07. The zero-order valence-electron chi connectivity index (χ0n) is 10.6. The Labute approximate surface area is 90.4 Å². The van der Waals surface area contributed by atoms with Crippen molar-refractivity contribution >= 4 is 21.3 Å². The lowest BCUT2D eigenvalue weighted by atomic mass is 9.65. The molecule has 0 aromatic heterocycles. The third-order valence-electron chi connectivity index (χ3n) is 2.81. The lowest BCUT2D eigenvalue weighted by molar-refractivity contribution is 0.233. The average molecular weight is 194 g/mol. The Kier molecular flexibility index (Phi) is 4.44. The first kappa shape index (κ1) is 13.8. The molecule has 0 spiro atoms. The second kappa shape index (κ2) is 4.52. The van der Waals surface area contributed by atoms with Crippen LogP contribution in [0.5, 0.6) is 0 Å². The normalized spacial score (nSPS) is 15.2. The summed E-state index contributed by atoms with van der Waals surface area (Å²) in [5.74, 6) is 0.242. The predicted molar refractivity (Wildman–Crippen MR) is 69.6 cm³/mol. The van der Waals surface area contributed by atoms with E-state index in [-0.39, 0.29) is 16.8 Å². The van der Waals surface area contributed by atoms with Crippen molar-refractivity contribution in [2.24, 2.45) is 16.6 Å². The van der Waals surface area contributed by atoms with Crippen molar-refractivity contribution in [1.29, 1.82) is 5.41 Å². The molecule has 3 N–H and O–H groups in total. The molecular weight excluding hydrogens is 170 g/mol. The van der Waals surface area contributed by atoms with E-state index in [4.69, 9.17) is 11.1 Å². The van der Waals surface area contributed by atoms with Crippen LogP contribution in [0.4, 0.5) is 0 Å². The summed E-state index contributed by atoms with van der Waals surface area (Å²) >= 11 is 0. The Morgan fingerprint density at radius 1 is 1.36 bits per heavy atom. The lowest BCUT2D eigenvalue weighted by Gasteiger charge is -2.36. The Morgan fingerprint density at radius 2 is 1.79 bits per heavy atom. The van der Waals surface area contributed by atoms with Gasteiger partial charge in [0.25, 0.3) is 0 Å². The van der Waals surface area contributed by atoms with E-state index in [1.807, 2.05) is 15.7 Å². The predicted octanol–water partition coefficient (Wildman–Crippen LogP) is 0.347. The molecule has 0 amide bonds. The minimum absolute atomic E-state index is 0.00160. The van der Waals surface area contributed by atoms with Crippen molar-refractivity contribution in [1.82, 2.24) is 0 Å². The highest BCUT2D eigenvalue weighted by Gasteiger charge is 2.30. The summed E-state index contributed by atoms with van der Waals surface area (Å²) in [6.45, 7) is 8.75. The van der Waals surface area contributed by atoms with Gasteiger partial charge in [0.1, 0.15) is 7.85 Å². The highest BCUT2D eigenvalue weighted by molar-refractivity contribution is 6.60. The van der Waals surface area contributed by atoms with Crippen LogP contribution in [0.2, 0.25) is 0 Å². The van der Waals surface area contributed by atoms with E-state index in [2.05, 4.69) is 27.7 Å². The van der Waals surface area contributed by atoms with Gasteiger partial charge in [0.2, 0.25) is 0 Å². The number of nitrogens with one attached hydrogen (secondary N) is 1. The molecule has 0 aliphatic rings. The van der Waals surface area contributed by atoms with Crippen molar-refractivity contribution in [2.45, 2.75) is 46.5 Å². The summed E-state index contributed by atoms with van der Waals surface area (Å²) in [6.07, 6.45) is 2.04. The summed E-state index contributed by atoms with van der Waals surface area (Å²) in [4.78, 5) is 0. The van der Waals surface area contributed by atoms with Gasteiger partial charge in [-0.3, -0.25) is 0 Å². The highest BCUT2D eigenvalue weighted by Crippen LogP contribution is 2.36. The molecule has 0 fully saturated rings. The third-order valence-corrected chi connectivity index (χ3v) is 2.81. The fraction of sp³-hybridized carbons (Fsp3) is 0.900. The van der Waals surface area contributed by atoms with Crippen LogP contribution in [0.15, 0.2) is 0 Å². The first-order valence-corrected chi connectivity index (χ1v) is 5.38. The van der Waals surface area contributed by atoms with Gasteiger partial charge < -0.3 is 11.1 Å². The molecule has 1 unspecified atom stereocenters. The maximum Gasteiger partial charge on any atom is 0.158 e. The molecule has 0 aromatic rings. The molecule has 0 rings (SSSR count). The standard InChI is InChI=1S/C10H24B2N2/c1-9(2,5-7(11)13)6-10(3,4)8(12)14/h7,14H,5-6,11-13H2,1-4H3. The van der Waals surface area contributed by atoms with Crippen LogP contribution in [0, 0.1) is 16.2 Å². The van der Waals surface area contributed by atoms with E-state index in [9.17, 15) is 0 Å². The molecule has 0 saturated carbocycles. The van der Waals surface area contributed by atoms with Crippen LogP contribution >= 0.6 is 0 Å². The number of rotatable bonds is 5. The summed E-state index contributed by atoms with van der Waals surface area (Å²) in [5.41, 5.74) is 6.80. The van der Waals surface area contributed by atoms with Crippen LogP contribution in [0.25, 0.3) is 0 Å². The van der Waals surface area contributed by atoms with Gasteiger partial charge in [0, 0.05) is 0 Å². The summed E-state index contributed by atoms with van der Waals surface area (Å²) in [6, 6.07) is 0. The maximum atomic E-state index is 7.73. The Bertz CT molecular complexity index is 210. The van der Waals surface area contributed by atoms with E-state index < -0.39 is 0 Å². The fourth-order valence-electron chi connectivity index (χ4n) is 2.27. The average Bonchev–Trinajstić information content (AvgIpc) is 1.79. The van der Waals surface area contributed by atoms with Gasteiger partial charge in [0.05, 0.1) is 0 Å². The molecule has 0 radical (unpaired) electrons. The third kappa shape index (κ3) is 4.85. The zero-order chi connectivity index (χ0) is 11.6. The Hall–Kier alpha value is -0.240. The molecule has 4 heteroatoms. The Balaban J connectivity index is 4.42. The van der Waals surface area contributed by atoms with Crippen molar-refractivity contribution in [3.8, 4) is 0 Å². The van der Waals surface area contributed by atoms with Crippen LogP contribution in [-0.2, 0) is 0 Å². The van der Waals surface area contributed by atoms with Gasteiger partial charge in [-0.1, -0.05) is 27.7 Å². The van der Waals surface area contributed by atoms with Crippen molar-refractivity contribution in [2.75, 3.05) is 0 Å². The molecule has 2 nitrogen and oxygen atoms in total. The van der Waals surface area contributed by atoms with Gasteiger partial charge in [0.15, 0.2) is 7.85 Å². The van der Waals surface area contributed by atoms with E-state index in [0.717, 1.165) is 18.5 Å². The summed E-state index contributed by atoms with van der Waals surface area (Å²) in [5, 5.41) is 7.73. The molecular formula is C10H24B2N2. The molecule has 1 atom stereocenters. The molecule has 80 valence electrons. The van der Waals surface area contributed by atoms with Gasteiger partial charge in [-0.25, -0.2) is 0 Å². The van der Waals surface area contributed by atoms with Gasteiger partial charge >= 0.3 is 0 Å². The van der Waals surface area contributed by atoms with Crippen LogP contribution in [0.3, 0.4) is 0 Å². The summed E-state index contributed by atoms with van der Waals surface area (Å²) in [7, 11) is 3.94. The minimum Gasteiger partial charge on any atom is -0.335 e. The number of hydrogen-bond acceptors (Lipinski definition) is 2. The van der Waals surface area contributed by atoms with Crippen LogP contribution < -0.4 is 5.73 Å². The molecule has 0 aliphatic carbocycles. The maximum absolute atomic E-state index is 7.73. The minimum atomic E-state index is -0.00160. The monoisotopic (exact) mass is 194 g/mol. The van der Waals surface area contributed by atoms with Crippen LogP contribution in [-0.4, -0.2) is 27.2 Å². The van der Waals surface area contributed by atoms with E-state index in [1.165, 1.54) is 0 Å². The molecule has 0 aliphatic heterocycles. The van der Waals surface area contributed by atoms with Crippen LogP contribution in [0.1, 0.15) is 40.5 Å². The second-order valence-electron chi connectivity index (χ2n) is 6.03. The molecule has 0 saturated heterocycles. The number of nitrogens with two attached hydrogens (primary N) is 1. The van der Waals surface area contributed by atoms with Gasteiger partial charge in [-0.05, 0) is 35.2 Å². The van der Waals surface area contributed by atoms with E-state index in [1.54, 1.807) is 0 Å². The number of hydrogen-bond donors (Lipinski definition) is 2. The first-order valence-electron chi connectivity index (χ1n) is 5.38. The molecule has 0 heterocycles. The van der Waals surface area contributed by atoms with Crippen molar-refractivity contribution < 1.29 is 0 Å². The van der Waals surface area contributed by atoms with E-state index >= 15 is 0 Å². The van der Waals surface area contributed by atoms with Crippen molar-refractivity contribution in [3.63, 3.8) is 0 Å². The quantitative estimate of drug-likeness (QED) is 0.481. The molecule has 14 heavy (non-hydrogen) atoms. The lowest BCUT2D eigenvalue weighted by Crippen LogP contribution is -2.34.